The number of rotatable bonds is 9. The Hall–Kier alpha value is -2.31. The van der Waals surface area contributed by atoms with E-state index in [0.717, 1.165) is 31.7 Å². The van der Waals surface area contributed by atoms with E-state index < -0.39 is 23.8 Å². The molecular formula is C25H32F2N2O2. The first kappa shape index (κ1) is 23.4. The summed E-state index contributed by atoms with van der Waals surface area (Å²) in [5.74, 6) is -1.56. The van der Waals surface area contributed by atoms with Gasteiger partial charge in [-0.3, -0.25) is 4.79 Å². The zero-order chi connectivity index (χ0) is 22.4. The van der Waals surface area contributed by atoms with Gasteiger partial charge in [0.25, 0.3) is 0 Å². The van der Waals surface area contributed by atoms with Crippen LogP contribution in [-0.4, -0.2) is 29.7 Å². The average molecular weight is 431 g/mol. The van der Waals surface area contributed by atoms with Gasteiger partial charge in [-0.2, -0.15) is 0 Å². The maximum atomic E-state index is 13.6. The molecule has 0 fully saturated rings. The number of benzene rings is 2. The highest BCUT2D eigenvalue weighted by Gasteiger charge is 2.25. The summed E-state index contributed by atoms with van der Waals surface area (Å²) in [7, 11) is 0. The van der Waals surface area contributed by atoms with Crippen molar-refractivity contribution >= 4 is 5.91 Å². The molecule has 6 heteroatoms. The molecule has 31 heavy (non-hydrogen) atoms. The Morgan fingerprint density at radius 2 is 1.87 bits per heavy atom. The molecule has 2 aromatic carbocycles. The van der Waals surface area contributed by atoms with Gasteiger partial charge in [-0.1, -0.05) is 32.0 Å². The Morgan fingerprint density at radius 3 is 2.55 bits per heavy atom. The predicted molar refractivity (Wildman–Crippen MR) is 118 cm³/mol. The molecule has 168 valence electrons. The van der Waals surface area contributed by atoms with Gasteiger partial charge in [0.1, 0.15) is 11.6 Å². The van der Waals surface area contributed by atoms with Gasteiger partial charge in [0.2, 0.25) is 5.91 Å². The van der Waals surface area contributed by atoms with Gasteiger partial charge in [-0.25, -0.2) is 8.78 Å². The van der Waals surface area contributed by atoms with E-state index in [1.54, 1.807) is 6.92 Å². The van der Waals surface area contributed by atoms with Crippen molar-refractivity contribution in [2.24, 2.45) is 0 Å². The monoisotopic (exact) mass is 430 g/mol. The summed E-state index contributed by atoms with van der Waals surface area (Å²) in [6, 6.07) is 9.38. The molecule has 0 radical (unpaired) electrons. The average Bonchev–Trinajstić information content (AvgIpc) is 2.75. The molecule has 3 atom stereocenters. The van der Waals surface area contributed by atoms with Gasteiger partial charge in [-0.15, -0.1) is 0 Å². The first-order chi connectivity index (χ1) is 14.9. The van der Waals surface area contributed by atoms with Crippen LogP contribution < -0.4 is 10.6 Å². The predicted octanol–water partition coefficient (Wildman–Crippen LogP) is 3.99. The second-order valence-corrected chi connectivity index (χ2v) is 8.32. The van der Waals surface area contributed by atoms with Crippen LogP contribution in [-0.2, 0) is 24.1 Å². The van der Waals surface area contributed by atoms with Crippen molar-refractivity contribution < 1.29 is 18.7 Å². The number of carbonyl (C=O) groups excluding carboxylic acids is 1. The highest BCUT2D eigenvalue weighted by atomic mass is 19.1. The van der Waals surface area contributed by atoms with Crippen LogP contribution in [0.25, 0.3) is 0 Å². The maximum absolute atomic E-state index is 13.6. The summed E-state index contributed by atoms with van der Waals surface area (Å²) in [4.78, 5) is 12.0. The largest absolute Gasteiger partial charge is 0.390 e. The highest BCUT2D eigenvalue weighted by Crippen LogP contribution is 2.30. The molecule has 3 rings (SSSR count). The Balaban J connectivity index is 1.70. The molecule has 0 heterocycles. The van der Waals surface area contributed by atoms with E-state index in [0.29, 0.717) is 5.56 Å². The van der Waals surface area contributed by atoms with E-state index in [4.69, 9.17) is 0 Å². The number of fused-ring (bicyclic) bond motifs is 1. The van der Waals surface area contributed by atoms with E-state index in [9.17, 15) is 18.7 Å². The molecule has 1 aliphatic rings. The van der Waals surface area contributed by atoms with Crippen LogP contribution in [0.15, 0.2) is 36.4 Å². The minimum absolute atomic E-state index is 0.138. The zero-order valence-corrected chi connectivity index (χ0v) is 18.3. The Morgan fingerprint density at radius 1 is 1.13 bits per heavy atom. The molecule has 1 amide bonds. The molecule has 1 aliphatic carbocycles. The molecule has 0 bridgehead atoms. The summed E-state index contributed by atoms with van der Waals surface area (Å²) >= 11 is 0. The van der Waals surface area contributed by atoms with Crippen molar-refractivity contribution in [1.82, 2.24) is 10.6 Å². The van der Waals surface area contributed by atoms with Crippen molar-refractivity contribution in [2.75, 3.05) is 6.54 Å². The van der Waals surface area contributed by atoms with Gasteiger partial charge in [0, 0.05) is 25.1 Å². The molecule has 4 nitrogen and oxygen atoms in total. The lowest BCUT2D eigenvalue weighted by molar-refractivity contribution is -0.122. The van der Waals surface area contributed by atoms with Crippen molar-refractivity contribution in [2.45, 2.75) is 70.6 Å². The first-order valence-corrected chi connectivity index (χ1v) is 11.2. The summed E-state index contributed by atoms with van der Waals surface area (Å²) in [5, 5.41) is 17.1. The van der Waals surface area contributed by atoms with Crippen molar-refractivity contribution in [3.05, 3.63) is 70.3 Å². The second-order valence-electron chi connectivity index (χ2n) is 8.32. The third-order valence-electron chi connectivity index (χ3n) is 6.02. The lowest BCUT2D eigenvalue weighted by atomic mass is 9.86. The van der Waals surface area contributed by atoms with Gasteiger partial charge < -0.3 is 15.7 Å². The number of aliphatic hydroxyl groups is 1. The zero-order valence-electron chi connectivity index (χ0n) is 18.3. The van der Waals surface area contributed by atoms with E-state index in [2.05, 4.69) is 35.8 Å². The van der Waals surface area contributed by atoms with E-state index in [1.807, 2.05) is 0 Å². The van der Waals surface area contributed by atoms with Crippen LogP contribution in [0.2, 0.25) is 0 Å². The Kier molecular flexibility index (Phi) is 8.15. The smallest absolute Gasteiger partial charge is 0.220 e. The normalized spacial score (nSPS) is 17.6. The third kappa shape index (κ3) is 6.34. The summed E-state index contributed by atoms with van der Waals surface area (Å²) in [5.41, 5.74) is 4.29. The summed E-state index contributed by atoms with van der Waals surface area (Å²) in [6.07, 6.45) is 3.59. The van der Waals surface area contributed by atoms with Gasteiger partial charge in [-0.05, 0) is 66.5 Å². The lowest BCUT2D eigenvalue weighted by Crippen LogP contribution is -2.49. The topological polar surface area (TPSA) is 61.4 Å². The number of carbonyl (C=O) groups is 1. The number of hydrogen-bond acceptors (Lipinski definition) is 3. The van der Waals surface area contributed by atoms with Crippen LogP contribution in [0, 0.1) is 11.6 Å². The number of amides is 1. The van der Waals surface area contributed by atoms with Crippen LogP contribution in [0.3, 0.4) is 0 Å². The van der Waals surface area contributed by atoms with E-state index in [1.165, 1.54) is 28.8 Å². The molecule has 0 saturated carbocycles. The standard InChI is InChI=1S/C25H32F2N2O2/c1-3-16-8-9-18-6-5-7-22(21(18)12-16)28-15-24(30)23(29-25(31)4-2)13-17-10-19(26)14-20(27)11-17/h8-12,14,22-24,28,30H,3-7,13,15H2,1-2H3,(H,29,31)/t22-,23-,24-/m0/s1. The first-order valence-electron chi connectivity index (χ1n) is 11.2. The number of nitrogens with one attached hydrogen (secondary N) is 2. The van der Waals surface area contributed by atoms with E-state index in [-0.39, 0.29) is 31.3 Å². The number of halogens is 2. The Labute approximate surface area is 183 Å². The van der Waals surface area contributed by atoms with Gasteiger partial charge in [0.05, 0.1) is 12.1 Å². The van der Waals surface area contributed by atoms with Crippen molar-refractivity contribution in [3.63, 3.8) is 0 Å². The van der Waals surface area contributed by atoms with Gasteiger partial charge in [0.15, 0.2) is 0 Å². The molecule has 3 N–H and O–H groups in total. The number of aryl methyl sites for hydroxylation is 2. The van der Waals surface area contributed by atoms with Crippen LogP contribution >= 0.6 is 0 Å². The van der Waals surface area contributed by atoms with Crippen LogP contribution in [0.1, 0.15) is 61.4 Å². The van der Waals surface area contributed by atoms with E-state index >= 15 is 0 Å². The molecule has 0 aromatic heterocycles. The maximum Gasteiger partial charge on any atom is 0.220 e. The summed E-state index contributed by atoms with van der Waals surface area (Å²) in [6.45, 7) is 4.13. The minimum Gasteiger partial charge on any atom is -0.390 e. The fourth-order valence-corrected chi connectivity index (χ4v) is 4.26. The third-order valence-corrected chi connectivity index (χ3v) is 6.02. The lowest BCUT2D eigenvalue weighted by Gasteiger charge is -2.30. The molecule has 0 spiro atoms. The van der Waals surface area contributed by atoms with Crippen LogP contribution in [0.4, 0.5) is 8.78 Å². The fourth-order valence-electron chi connectivity index (χ4n) is 4.26. The minimum atomic E-state index is -0.901. The molecule has 2 aromatic rings. The van der Waals surface area contributed by atoms with Gasteiger partial charge >= 0.3 is 0 Å². The SMILES string of the molecule is CCC(=O)N[C@@H](Cc1cc(F)cc(F)c1)[C@@H](O)CN[C@H]1CCCc2ccc(CC)cc21. The number of hydrogen-bond donors (Lipinski definition) is 3. The van der Waals surface area contributed by atoms with Crippen molar-refractivity contribution in [1.29, 1.82) is 0 Å². The molecule has 0 saturated heterocycles. The van der Waals surface area contributed by atoms with Crippen molar-refractivity contribution in [3.8, 4) is 0 Å². The Bertz CT molecular complexity index is 883. The second kappa shape index (κ2) is 10.8. The van der Waals surface area contributed by atoms with Crippen LogP contribution in [0.5, 0.6) is 0 Å². The molecular weight excluding hydrogens is 398 g/mol. The summed E-state index contributed by atoms with van der Waals surface area (Å²) < 4.78 is 27.2. The highest BCUT2D eigenvalue weighted by molar-refractivity contribution is 5.75. The number of aliphatic hydroxyl groups excluding tert-OH is 1. The quantitative estimate of drug-likeness (QED) is 0.564. The fraction of sp³-hybridized carbons (Fsp3) is 0.480. The molecule has 0 unspecified atom stereocenters. The molecule has 0 aliphatic heterocycles.